The summed E-state index contributed by atoms with van der Waals surface area (Å²) in [4.78, 5) is 0. The molecule has 0 nitrogen and oxygen atoms in total. The number of rotatable bonds is 5. The van der Waals surface area contributed by atoms with Gasteiger partial charge in [0.15, 0.2) is 11.6 Å². The first-order valence-corrected chi connectivity index (χ1v) is 11.6. The average Bonchev–Trinajstić information content (AvgIpc) is 2.68. The molecule has 1 aromatic carbocycles. The predicted molar refractivity (Wildman–Crippen MR) is 108 cm³/mol. The Morgan fingerprint density at radius 1 is 0.778 bits per heavy atom. The van der Waals surface area contributed by atoms with Gasteiger partial charge in [0.1, 0.15) is 0 Å². The van der Waals surface area contributed by atoms with Crippen LogP contribution >= 0.6 is 0 Å². The topological polar surface area (TPSA) is 0 Å². The van der Waals surface area contributed by atoms with Gasteiger partial charge < -0.3 is 0 Å². The summed E-state index contributed by atoms with van der Waals surface area (Å²) in [5.41, 5.74) is 2.12. The lowest BCUT2D eigenvalue weighted by atomic mass is 9.61. The van der Waals surface area contributed by atoms with Crippen molar-refractivity contribution >= 4 is 0 Å². The van der Waals surface area contributed by atoms with E-state index in [4.69, 9.17) is 0 Å². The quantitative estimate of drug-likeness (QED) is 0.469. The van der Waals surface area contributed by atoms with Crippen molar-refractivity contribution in [3.8, 4) is 0 Å². The molecule has 3 aliphatic rings. The summed E-state index contributed by atoms with van der Waals surface area (Å²) in [5.74, 6) is 3.06. The molecule has 27 heavy (non-hydrogen) atoms. The fourth-order valence-corrected chi connectivity index (χ4v) is 6.58. The van der Waals surface area contributed by atoms with Crippen LogP contribution in [-0.4, -0.2) is 0 Å². The summed E-state index contributed by atoms with van der Waals surface area (Å²) < 4.78 is 27.2. The van der Waals surface area contributed by atoms with Crippen molar-refractivity contribution in [1.82, 2.24) is 0 Å². The van der Waals surface area contributed by atoms with Crippen molar-refractivity contribution in [2.75, 3.05) is 0 Å². The lowest BCUT2D eigenvalue weighted by Crippen LogP contribution is -2.35. The van der Waals surface area contributed by atoms with Crippen molar-refractivity contribution in [3.63, 3.8) is 0 Å². The Bertz CT molecular complexity index is 637. The molecule has 0 aliphatic heterocycles. The normalized spacial score (nSPS) is 33.4. The first-order chi connectivity index (χ1) is 13.1. The predicted octanol–water partition coefficient (Wildman–Crippen LogP) is 7.48. The number of aryl methyl sites for hydroxylation is 1. The maximum atomic E-state index is 13.7. The molecule has 150 valence electrons. The number of fused-ring (bicyclic) bond motifs is 2. The fraction of sp³-hybridized carbons (Fsp3) is 0.760. The summed E-state index contributed by atoms with van der Waals surface area (Å²) in [7, 11) is 0. The minimum absolute atomic E-state index is 0.667. The first kappa shape index (κ1) is 19.4. The van der Waals surface area contributed by atoms with Gasteiger partial charge >= 0.3 is 0 Å². The highest BCUT2D eigenvalue weighted by Crippen LogP contribution is 2.49. The smallest absolute Gasteiger partial charge is 0.159 e. The molecule has 0 N–H and O–H groups in total. The molecule has 0 heterocycles. The van der Waals surface area contributed by atoms with Crippen LogP contribution < -0.4 is 0 Å². The molecule has 0 bridgehead atoms. The van der Waals surface area contributed by atoms with E-state index in [1.807, 2.05) is 0 Å². The zero-order valence-electron chi connectivity index (χ0n) is 17.0. The Morgan fingerprint density at radius 2 is 1.44 bits per heavy atom. The summed E-state index contributed by atoms with van der Waals surface area (Å²) in [6.07, 6.45) is 17.3. The van der Waals surface area contributed by atoms with E-state index < -0.39 is 11.6 Å². The SMILES string of the molecule is CCCCCC1CCC2CC(C3CCc4cc(F)c(F)cc4C3)CCC2C1. The third kappa shape index (κ3) is 4.40. The van der Waals surface area contributed by atoms with E-state index in [0.717, 1.165) is 47.6 Å². The molecule has 2 heteroatoms. The molecule has 5 atom stereocenters. The second-order valence-corrected chi connectivity index (χ2v) is 9.81. The van der Waals surface area contributed by atoms with E-state index in [-0.39, 0.29) is 0 Å². The van der Waals surface area contributed by atoms with Gasteiger partial charge in [-0.15, -0.1) is 0 Å². The molecular formula is C25H36F2. The van der Waals surface area contributed by atoms with E-state index in [1.165, 1.54) is 82.8 Å². The average molecular weight is 375 g/mol. The lowest BCUT2D eigenvalue weighted by molar-refractivity contribution is 0.0689. The van der Waals surface area contributed by atoms with E-state index in [1.54, 1.807) is 0 Å². The molecule has 3 aliphatic carbocycles. The minimum atomic E-state index is -0.677. The van der Waals surface area contributed by atoms with Gasteiger partial charge in [0.2, 0.25) is 0 Å². The summed E-state index contributed by atoms with van der Waals surface area (Å²) >= 11 is 0. The number of hydrogen-bond acceptors (Lipinski definition) is 0. The zero-order chi connectivity index (χ0) is 18.8. The number of halogens is 2. The molecule has 5 unspecified atom stereocenters. The Hall–Kier alpha value is -0.920. The number of benzene rings is 1. The Kier molecular flexibility index (Phi) is 6.19. The highest BCUT2D eigenvalue weighted by molar-refractivity contribution is 5.31. The van der Waals surface area contributed by atoms with Crippen LogP contribution in [0.5, 0.6) is 0 Å². The molecule has 2 saturated carbocycles. The molecule has 2 fully saturated rings. The number of unbranched alkanes of at least 4 members (excludes halogenated alkanes) is 2. The van der Waals surface area contributed by atoms with Crippen LogP contribution in [0.2, 0.25) is 0 Å². The molecule has 0 saturated heterocycles. The van der Waals surface area contributed by atoms with E-state index in [2.05, 4.69) is 6.92 Å². The van der Waals surface area contributed by atoms with Crippen molar-refractivity contribution in [2.24, 2.45) is 29.6 Å². The molecule has 1 aromatic rings. The van der Waals surface area contributed by atoms with Gasteiger partial charge in [-0.25, -0.2) is 8.78 Å². The fourth-order valence-electron chi connectivity index (χ4n) is 6.58. The van der Waals surface area contributed by atoms with Crippen LogP contribution in [0.15, 0.2) is 12.1 Å². The van der Waals surface area contributed by atoms with Gasteiger partial charge in [-0.1, -0.05) is 39.0 Å². The second-order valence-electron chi connectivity index (χ2n) is 9.81. The van der Waals surface area contributed by atoms with Gasteiger partial charge in [0.05, 0.1) is 0 Å². The van der Waals surface area contributed by atoms with Crippen LogP contribution in [0.1, 0.15) is 88.7 Å². The molecule has 0 amide bonds. The minimum Gasteiger partial charge on any atom is -0.204 e. The van der Waals surface area contributed by atoms with Crippen LogP contribution in [-0.2, 0) is 12.8 Å². The van der Waals surface area contributed by atoms with Gasteiger partial charge in [-0.2, -0.15) is 0 Å². The van der Waals surface area contributed by atoms with Crippen molar-refractivity contribution in [3.05, 3.63) is 34.9 Å². The third-order valence-corrected chi connectivity index (χ3v) is 8.15. The molecule has 0 aromatic heterocycles. The van der Waals surface area contributed by atoms with E-state index in [0.29, 0.717) is 5.92 Å². The standard InChI is InChI=1S/C25H36F2/c1-2-3-4-5-17-6-7-19-13-20(9-8-18(19)12-17)21-10-11-22-15-24(26)25(27)16-23(22)14-21/h15-21H,2-14H2,1H3. The molecular weight excluding hydrogens is 338 g/mol. The Morgan fingerprint density at radius 3 is 2.22 bits per heavy atom. The lowest BCUT2D eigenvalue weighted by Gasteiger charge is -2.45. The second kappa shape index (κ2) is 8.62. The molecule has 0 radical (unpaired) electrons. The first-order valence-electron chi connectivity index (χ1n) is 11.6. The van der Waals surface area contributed by atoms with Gasteiger partial charge in [-0.05, 0) is 104 Å². The maximum absolute atomic E-state index is 13.7. The molecule has 0 spiro atoms. The monoisotopic (exact) mass is 374 g/mol. The molecule has 4 rings (SSSR count). The van der Waals surface area contributed by atoms with Crippen molar-refractivity contribution in [1.29, 1.82) is 0 Å². The third-order valence-electron chi connectivity index (χ3n) is 8.15. The van der Waals surface area contributed by atoms with E-state index >= 15 is 0 Å². The summed E-state index contributed by atoms with van der Waals surface area (Å²) in [6.45, 7) is 2.30. The van der Waals surface area contributed by atoms with Gasteiger partial charge in [0, 0.05) is 0 Å². The van der Waals surface area contributed by atoms with Gasteiger partial charge in [0.25, 0.3) is 0 Å². The maximum Gasteiger partial charge on any atom is 0.159 e. The van der Waals surface area contributed by atoms with Crippen molar-refractivity contribution in [2.45, 2.75) is 90.4 Å². The highest BCUT2D eigenvalue weighted by atomic mass is 19.2. The van der Waals surface area contributed by atoms with Crippen LogP contribution in [0.4, 0.5) is 8.78 Å². The van der Waals surface area contributed by atoms with Crippen LogP contribution in [0, 0.1) is 41.2 Å². The summed E-state index contributed by atoms with van der Waals surface area (Å²) in [6, 6.07) is 2.92. The highest BCUT2D eigenvalue weighted by Gasteiger charge is 2.38. The van der Waals surface area contributed by atoms with Crippen LogP contribution in [0.3, 0.4) is 0 Å². The van der Waals surface area contributed by atoms with E-state index in [9.17, 15) is 8.78 Å². The van der Waals surface area contributed by atoms with Gasteiger partial charge in [-0.3, -0.25) is 0 Å². The summed E-state index contributed by atoms with van der Waals surface area (Å²) in [5, 5.41) is 0. The van der Waals surface area contributed by atoms with Crippen molar-refractivity contribution < 1.29 is 8.78 Å². The largest absolute Gasteiger partial charge is 0.204 e. The van der Waals surface area contributed by atoms with Crippen LogP contribution in [0.25, 0.3) is 0 Å². The zero-order valence-corrected chi connectivity index (χ0v) is 17.0. The number of hydrogen-bond donors (Lipinski definition) is 0. The Balaban J connectivity index is 1.32. The Labute approximate surface area is 164 Å².